The summed E-state index contributed by atoms with van der Waals surface area (Å²) in [4.78, 5) is 22.7. The van der Waals surface area contributed by atoms with Crippen LogP contribution in [0.1, 0.15) is 102 Å². The normalized spacial score (nSPS) is 11.5. The standard InChI is InChI=1S/C11H16O2S3.C10H14O.C9H14N2O2S3.4CH4/c1-3-8(2)11(12)13-6-7-15-10-5-4-9(14)16-10;1-3-8(2)9-4-6-10(11)7-5-9;1-3-6(2)7(12)13-4-5-15-9-11-10-8(14)16-9;;;;/h4-5,8,14H,3,6-7H2,1-2H3;4-8,11H,3H2,1-2H3;6H,3-5H2,1-2H3,(H,10,14);4*1H4. The van der Waals surface area contributed by atoms with Crippen LogP contribution in [0.4, 0.5) is 0 Å². The van der Waals surface area contributed by atoms with Gasteiger partial charge >= 0.3 is 11.9 Å². The number of carbonyl (C=O) groups excluding carboxylic acids is 2. The first-order chi connectivity index (χ1) is 20.5. The summed E-state index contributed by atoms with van der Waals surface area (Å²) in [5, 5.41) is 15.7. The Balaban J connectivity index is -0.000000288. The van der Waals surface area contributed by atoms with Gasteiger partial charge in [0.15, 0.2) is 8.29 Å². The molecule has 0 spiro atoms. The zero-order valence-corrected chi connectivity index (χ0v) is 30.6. The molecule has 0 aliphatic rings. The fourth-order valence-electron chi connectivity index (χ4n) is 2.88. The number of esters is 2. The molecule has 0 saturated carbocycles. The Bertz CT molecular complexity index is 1250. The van der Waals surface area contributed by atoms with Crippen molar-refractivity contribution in [3.63, 3.8) is 0 Å². The van der Waals surface area contributed by atoms with E-state index in [1.54, 1.807) is 35.2 Å². The summed E-state index contributed by atoms with van der Waals surface area (Å²) in [6.07, 6.45) is 2.79. The van der Waals surface area contributed by atoms with Crippen LogP contribution in [-0.2, 0) is 19.1 Å². The lowest BCUT2D eigenvalue weighted by molar-refractivity contribution is -0.148. The molecule has 0 radical (unpaired) electrons. The molecule has 1 aromatic carbocycles. The van der Waals surface area contributed by atoms with E-state index in [0.717, 1.165) is 33.6 Å². The summed E-state index contributed by atoms with van der Waals surface area (Å²) >= 11 is 15.4. The molecule has 3 unspecified atom stereocenters. The van der Waals surface area contributed by atoms with Crippen LogP contribution in [0, 0.1) is 15.8 Å². The highest BCUT2D eigenvalue weighted by atomic mass is 32.2. The van der Waals surface area contributed by atoms with E-state index in [9.17, 15) is 9.59 Å². The topological polar surface area (TPSA) is 102 Å². The Morgan fingerprint density at radius 2 is 1.36 bits per heavy atom. The maximum absolute atomic E-state index is 11.3. The fraction of sp³-hybridized carbons (Fsp3) is 0.588. The van der Waals surface area contributed by atoms with Crippen LogP contribution >= 0.6 is 71.0 Å². The molecule has 0 bridgehead atoms. The van der Waals surface area contributed by atoms with Gasteiger partial charge in [-0.1, -0.05) is 106 Å². The predicted octanol–water partition coefficient (Wildman–Crippen LogP) is 12.1. The lowest BCUT2D eigenvalue weighted by atomic mass is 9.99. The summed E-state index contributed by atoms with van der Waals surface area (Å²) in [6.45, 7) is 13.0. The Morgan fingerprint density at radius 3 is 1.77 bits per heavy atom. The van der Waals surface area contributed by atoms with Crippen molar-refractivity contribution in [2.75, 3.05) is 24.7 Å². The van der Waals surface area contributed by atoms with E-state index in [1.807, 2.05) is 52.0 Å². The van der Waals surface area contributed by atoms with Crippen molar-refractivity contribution in [3.05, 3.63) is 45.9 Å². The van der Waals surface area contributed by atoms with Gasteiger partial charge in [0, 0.05) is 11.5 Å². The van der Waals surface area contributed by atoms with Gasteiger partial charge in [-0.2, -0.15) is 5.10 Å². The van der Waals surface area contributed by atoms with Gasteiger partial charge in [-0.3, -0.25) is 14.7 Å². The van der Waals surface area contributed by atoms with Crippen molar-refractivity contribution in [3.8, 4) is 5.75 Å². The number of ether oxygens (including phenoxy) is 2. The third kappa shape index (κ3) is 23.5. The molecule has 3 aromatic rings. The third-order valence-electron chi connectivity index (χ3n) is 6.21. The number of hydrogen-bond donors (Lipinski definition) is 3. The molecule has 0 amide bonds. The summed E-state index contributed by atoms with van der Waals surface area (Å²) in [5.74, 6) is 2.22. The number of nitrogens with one attached hydrogen (secondary N) is 1. The van der Waals surface area contributed by atoms with Crippen molar-refractivity contribution < 1.29 is 24.2 Å². The number of thiophene rings is 1. The van der Waals surface area contributed by atoms with Gasteiger partial charge in [-0.05, 0) is 67.2 Å². The molecule has 2 heterocycles. The van der Waals surface area contributed by atoms with Gasteiger partial charge < -0.3 is 14.6 Å². The summed E-state index contributed by atoms with van der Waals surface area (Å²) in [7, 11) is 0. The van der Waals surface area contributed by atoms with Crippen LogP contribution in [0.25, 0.3) is 0 Å². The van der Waals surface area contributed by atoms with Gasteiger partial charge in [0.05, 0.1) is 20.3 Å². The number of H-pyrrole nitrogens is 1. The number of thioether (sulfide) groups is 2. The Morgan fingerprint density at radius 1 is 0.851 bits per heavy atom. The number of phenols is 1. The minimum Gasteiger partial charge on any atom is -0.508 e. The zero-order valence-electron chi connectivity index (χ0n) is 25.7. The SMILES string of the molecule is C.C.C.C.CCC(C)C(=O)OCCSc1ccc(S)s1.CCC(C)C(=O)OCCSc1n[nH]c(=S)s1.CCC(C)c1ccc(O)cc1. The first-order valence-electron chi connectivity index (χ1n) is 14.2. The van der Waals surface area contributed by atoms with Crippen molar-refractivity contribution in [2.45, 2.75) is 109 Å². The van der Waals surface area contributed by atoms with Crippen molar-refractivity contribution in [1.82, 2.24) is 10.2 Å². The van der Waals surface area contributed by atoms with Crippen LogP contribution < -0.4 is 0 Å². The van der Waals surface area contributed by atoms with Crippen LogP contribution in [0.2, 0.25) is 0 Å². The summed E-state index contributed by atoms with van der Waals surface area (Å²) in [5.41, 5.74) is 1.30. The Hall–Kier alpha value is -1.51. The average Bonchev–Trinajstić information content (AvgIpc) is 3.63. The maximum atomic E-state index is 11.3. The first-order valence-corrected chi connectivity index (χ1v) is 18.7. The smallest absolute Gasteiger partial charge is 0.308 e. The fourth-order valence-corrected chi connectivity index (χ4v) is 7.17. The van der Waals surface area contributed by atoms with E-state index in [1.165, 1.54) is 32.9 Å². The van der Waals surface area contributed by atoms with Gasteiger partial charge in [-0.25, -0.2) is 0 Å². The van der Waals surface area contributed by atoms with Crippen LogP contribution in [0.5, 0.6) is 5.75 Å². The molecule has 2 aromatic heterocycles. The van der Waals surface area contributed by atoms with Crippen LogP contribution in [-0.4, -0.2) is 52.0 Å². The second-order valence-corrected chi connectivity index (χ2v) is 15.8. The van der Waals surface area contributed by atoms with E-state index in [4.69, 9.17) is 26.8 Å². The highest BCUT2D eigenvalue weighted by molar-refractivity contribution is 8.01. The molecule has 0 saturated heterocycles. The molecule has 272 valence electrons. The van der Waals surface area contributed by atoms with Crippen molar-refractivity contribution in [2.24, 2.45) is 11.8 Å². The van der Waals surface area contributed by atoms with E-state index < -0.39 is 0 Å². The molecule has 13 heteroatoms. The van der Waals surface area contributed by atoms with Gasteiger partial charge in [-0.15, -0.1) is 35.7 Å². The third-order valence-corrected chi connectivity index (χ3v) is 10.9. The Kier molecular flexibility index (Phi) is 34.0. The number of aromatic hydroxyl groups is 1. The highest BCUT2D eigenvalue weighted by Gasteiger charge is 2.12. The second kappa shape index (κ2) is 30.5. The minimum atomic E-state index is -0.127. The first kappa shape index (κ1) is 52.3. The maximum Gasteiger partial charge on any atom is 0.308 e. The molecular formula is C34H60N2O5S6. The van der Waals surface area contributed by atoms with Gasteiger partial charge in [0.1, 0.15) is 19.0 Å². The van der Waals surface area contributed by atoms with E-state index in [2.05, 4.69) is 36.7 Å². The second-order valence-electron chi connectivity index (χ2n) is 9.52. The number of thiol groups is 1. The Labute approximate surface area is 312 Å². The lowest BCUT2D eigenvalue weighted by Crippen LogP contribution is -2.15. The van der Waals surface area contributed by atoms with E-state index in [-0.39, 0.29) is 53.5 Å². The lowest BCUT2D eigenvalue weighted by Gasteiger charge is -2.08. The number of rotatable bonds is 14. The summed E-state index contributed by atoms with van der Waals surface area (Å²) < 4.78 is 14.0. The number of nitrogens with zero attached hydrogens (tertiary/aromatic N) is 1. The molecule has 2 N–H and O–H groups in total. The van der Waals surface area contributed by atoms with E-state index in [0.29, 0.717) is 34.6 Å². The molecule has 0 aliphatic carbocycles. The number of aromatic amines is 1. The quantitative estimate of drug-likeness (QED) is 0.0486. The number of aromatic nitrogens is 2. The van der Waals surface area contributed by atoms with Gasteiger partial charge in [0.25, 0.3) is 0 Å². The molecular weight excluding hydrogens is 709 g/mol. The van der Waals surface area contributed by atoms with Gasteiger partial charge in [0.2, 0.25) is 0 Å². The monoisotopic (exact) mass is 768 g/mol. The molecule has 47 heavy (non-hydrogen) atoms. The number of phenolic OH excluding ortho intramolecular Hbond substituents is 1. The minimum absolute atomic E-state index is 0. The molecule has 0 fully saturated rings. The number of carbonyl (C=O) groups is 2. The molecule has 7 nitrogen and oxygen atoms in total. The largest absolute Gasteiger partial charge is 0.508 e. The molecule has 0 aliphatic heterocycles. The zero-order chi connectivity index (χ0) is 32.2. The van der Waals surface area contributed by atoms with Crippen LogP contribution in [0.15, 0.2) is 49.2 Å². The van der Waals surface area contributed by atoms with E-state index >= 15 is 0 Å². The summed E-state index contributed by atoms with van der Waals surface area (Å²) in [6, 6.07) is 11.4. The van der Waals surface area contributed by atoms with Crippen LogP contribution in [0.3, 0.4) is 0 Å². The molecule has 3 atom stereocenters. The molecule has 3 rings (SSSR count). The predicted molar refractivity (Wildman–Crippen MR) is 215 cm³/mol. The highest BCUT2D eigenvalue weighted by Crippen LogP contribution is 2.29. The average molecular weight is 769 g/mol. The van der Waals surface area contributed by atoms with Crippen molar-refractivity contribution >= 4 is 83.0 Å². The number of hydrogen-bond acceptors (Lipinski definition) is 12. The number of benzene rings is 1. The van der Waals surface area contributed by atoms with Crippen molar-refractivity contribution in [1.29, 1.82) is 0 Å².